The molecule has 8 heteroatoms. The van der Waals surface area contributed by atoms with E-state index >= 15 is 0 Å². The van der Waals surface area contributed by atoms with Crippen LogP contribution in [0.15, 0.2) is 59.1 Å². The van der Waals surface area contributed by atoms with Crippen LogP contribution < -0.4 is 5.32 Å². The summed E-state index contributed by atoms with van der Waals surface area (Å²) in [6.45, 7) is 0. The number of hydrogen-bond donors (Lipinski definition) is 1. The lowest BCUT2D eigenvalue weighted by Gasteiger charge is -2.00. The second kappa shape index (κ2) is 8.39. The fourth-order valence-corrected chi connectivity index (χ4v) is 5.30. The van der Waals surface area contributed by atoms with Gasteiger partial charge in [0.1, 0.15) is 0 Å². The van der Waals surface area contributed by atoms with Gasteiger partial charge in [-0.05, 0) is 29.8 Å². The number of carbonyl (C=O) groups is 1. The molecule has 1 N–H and O–H groups in total. The van der Waals surface area contributed by atoms with Gasteiger partial charge in [-0.25, -0.2) is 9.97 Å². The van der Waals surface area contributed by atoms with Crippen LogP contribution in [0.25, 0.3) is 10.2 Å². The number of para-hydroxylation sites is 1. The molecule has 2 aromatic heterocycles. The number of carbonyl (C=O) groups excluding carboxylic acids is 1. The monoisotopic (exact) mass is 431 g/mol. The molecule has 0 spiro atoms. The first kappa shape index (κ1) is 18.4. The van der Waals surface area contributed by atoms with Crippen LogP contribution >= 0.6 is 46.0 Å². The molecule has 2 aromatic carbocycles. The van der Waals surface area contributed by atoms with E-state index in [-0.39, 0.29) is 5.91 Å². The van der Waals surface area contributed by atoms with Gasteiger partial charge in [-0.3, -0.25) is 4.79 Å². The Kier molecular flexibility index (Phi) is 5.73. The molecule has 4 nitrogen and oxygen atoms in total. The Morgan fingerprint density at radius 1 is 1.11 bits per heavy atom. The van der Waals surface area contributed by atoms with E-state index in [4.69, 9.17) is 11.6 Å². The molecular weight excluding hydrogens is 418 g/mol. The maximum absolute atomic E-state index is 12.2. The Bertz CT molecular complexity index is 1040. The highest BCUT2D eigenvalue weighted by atomic mass is 35.5. The van der Waals surface area contributed by atoms with Crippen LogP contribution in [0.3, 0.4) is 0 Å². The van der Waals surface area contributed by atoms with Gasteiger partial charge in [-0.15, -0.1) is 22.7 Å². The predicted octanol–water partition coefficient (Wildman–Crippen LogP) is 5.73. The molecule has 0 radical (unpaired) electrons. The largest absolute Gasteiger partial charge is 0.301 e. The van der Waals surface area contributed by atoms with Crippen LogP contribution in [0.2, 0.25) is 5.02 Å². The van der Waals surface area contributed by atoms with Gasteiger partial charge < -0.3 is 5.32 Å². The molecule has 136 valence electrons. The molecule has 0 aliphatic carbocycles. The van der Waals surface area contributed by atoms with Gasteiger partial charge in [0.05, 0.1) is 16.0 Å². The average Bonchev–Trinajstić information content (AvgIpc) is 3.28. The fraction of sp³-hybridized carbons (Fsp3) is 0.105. The number of amides is 1. The number of halogens is 1. The molecule has 0 aliphatic rings. The lowest BCUT2D eigenvalue weighted by atomic mass is 10.1. The predicted molar refractivity (Wildman–Crippen MR) is 115 cm³/mol. The molecule has 1 amide bonds. The smallest absolute Gasteiger partial charge is 0.236 e. The third-order valence-corrected chi connectivity index (χ3v) is 7.04. The Labute approximate surface area is 173 Å². The summed E-state index contributed by atoms with van der Waals surface area (Å²) in [4.78, 5) is 22.1. The van der Waals surface area contributed by atoms with Crippen molar-refractivity contribution in [2.45, 2.75) is 10.8 Å². The van der Waals surface area contributed by atoms with Gasteiger partial charge in [0.25, 0.3) is 0 Å². The molecule has 0 saturated heterocycles. The van der Waals surface area contributed by atoms with E-state index in [1.165, 1.54) is 23.1 Å². The highest BCUT2D eigenvalue weighted by Gasteiger charge is 2.10. The molecule has 0 atom stereocenters. The minimum absolute atomic E-state index is 0.0772. The summed E-state index contributed by atoms with van der Waals surface area (Å²) in [5.41, 5.74) is 2.13. The second-order valence-corrected chi connectivity index (χ2v) is 9.52. The lowest BCUT2D eigenvalue weighted by Crippen LogP contribution is -2.13. The number of benzene rings is 2. The number of aromatic nitrogens is 2. The van der Waals surface area contributed by atoms with Crippen LogP contribution in [0.1, 0.15) is 10.4 Å². The topological polar surface area (TPSA) is 54.9 Å². The molecule has 4 rings (SSSR count). The fourth-order valence-electron chi connectivity index (χ4n) is 2.45. The first-order chi connectivity index (χ1) is 13.2. The summed E-state index contributed by atoms with van der Waals surface area (Å²) in [6.07, 6.45) is 2.57. The number of rotatable bonds is 6. The SMILES string of the molecule is O=C(CSc1nc2ccccc2s1)Nc1ncc(Cc2ccc(Cl)cc2)s1. The summed E-state index contributed by atoms with van der Waals surface area (Å²) >= 11 is 10.4. The van der Waals surface area contributed by atoms with Crippen molar-refractivity contribution < 1.29 is 4.79 Å². The Hall–Kier alpha value is -1.93. The van der Waals surface area contributed by atoms with Gasteiger partial charge in [-0.2, -0.15) is 0 Å². The summed E-state index contributed by atoms with van der Waals surface area (Å²) in [5.74, 6) is 0.234. The van der Waals surface area contributed by atoms with Crippen molar-refractivity contribution in [1.29, 1.82) is 0 Å². The van der Waals surface area contributed by atoms with E-state index in [9.17, 15) is 4.79 Å². The van der Waals surface area contributed by atoms with Gasteiger partial charge >= 0.3 is 0 Å². The van der Waals surface area contributed by atoms with E-state index in [2.05, 4.69) is 15.3 Å². The van der Waals surface area contributed by atoms with Gasteiger partial charge in [0.2, 0.25) is 5.91 Å². The number of nitrogens with one attached hydrogen (secondary N) is 1. The zero-order chi connectivity index (χ0) is 18.6. The molecule has 0 fully saturated rings. The summed E-state index contributed by atoms with van der Waals surface area (Å²) in [7, 11) is 0. The summed E-state index contributed by atoms with van der Waals surface area (Å²) in [5, 5.41) is 4.21. The van der Waals surface area contributed by atoms with E-state index in [1.807, 2.05) is 48.5 Å². The van der Waals surface area contributed by atoms with Gasteiger partial charge in [0, 0.05) is 22.5 Å². The maximum Gasteiger partial charge on any atom is 0.236 e. The summed E-state index contributed by atoms with van der Waals surface area (Å²) < 4.78 is 2.03. The van der Waals surface area contributed by atoms with Crippen LogP contribution in [0.5, 0.6) is 0 Å². The first-order valence-corrected chi connectivity index (χ1v) is 11.1. The Morgan fingerprint density at radius 2 is 1.93 bits per heavy atom. The third kappa shape index (κ3) is 4.87. The van der Waals surface area contributed by atoms with E-state index < -0.39 is 0 Å². The Morgan fingerprint density at radius 3 is 2.74 bits per heavy atom. The van der Waals surface area contributed by atoms with Crippen molar-refractivity contribution in [3.05, 3.63) is 70.2 Å². The lowest BCUT2D eigenvalue weighted by molar-refractivity contribution is -0.113. The number of thioether (sulfide) groups is 1. The molecule has 27 heavy (non-hydrogen) atoms. The number of anilines is 1. The first-order valence-electron chi connectivity index (χ1n) is 8.13. The van der Waals surface area contributed by atoms with Crippen LogP contribution in [-0.2, 0) is 11.2 Å². The van der Waals surface area contributed by atoms with Crippen LogP contribution in [0.4, 0.5) is 5.13 Å². The molecule has 2 heterocycles. The van der Waals surface area contributed by atoms with Crippen LogP contribution in [-0.4, -0.2) is 21.6 Å². The van der Waals surface area contributed by atoms with Gasteiger partial charge in [-0.1, -0.05) is 47.6 Å². The molecule has 0 unspecified atom stereocenters. The zero-order valence-corrected chi connectivity index (χ0v) is 17.2. The minimum Gasteiger partial charge on any atom is -0.301 e. The molecule has 0 bridgehead atoms. The normalized spacial score (nSPS) is 11.0. The zero-order valence-electron chi connectivity index (χ0n) is 14.0. The van der Waals surface area contributed by atoms with Crippen molar-refractivity contribution in [2.24, 2.45) is 0 Å². The molecule has 0 saturated carbocycles. The summed E-state index contributed by atoms with van der Waals surface area (Å²) in [6, 6.07) is 15.7. The Balaban J connectivity index is 1.31. The number of fused-ring (bicyclic) bond motifs is 1. The van der Waals surface area contributed by atoms with Crippen molar-refractivity contribution in [1.82, 2.24) is 9.97 Å². The second-order valence-electron chi connectivity index (χ2n) is 5.72. The number of nitrogens with zero attached hydrogens (tertiary/aromatic N) is 2. The van der Waals surface area contributed by atoms with E-state index in [0.717, 1.165) is 36.4 Å². The van der Waals surface area contributed by atoms with Crippen molar-refractivity contribution in [3.8, 4) is 0 Å². The molecule has 4 aromatic rings. The number of hydrogen-bond acceptors (Lipinski definition) is 6. The van der Waals surface area contributed by atoms with Crippen molar-refractivity contribution in [2.75, 3.05) is 11.1 Å². The van der Waals surface area contributed by atoms with Crippen LogP contribution in [0, 0.1) is 0 Å². The quantitative estimate of drug-likeness (QED) is 0.396. The van der Waals surface area contributed by atoms with Gasteiger partial charge in [0.15, 0.2) is 9.47 Å². The van der Waals surface area contributed by atoms with E-state index in [1.54, 1.807) is 17.5 Å². The average molecular weight is 432 g/mol. The third-order valence-electron chi connectivity index (χ3n) is 3.69. The minimum atomic E-state index is -0.0772. The van der Waals surface area contributed by atoms with Crippen molar-refractivity contribution >= 4 is 67.3 Å². The standard InChI is InChI=1S/C19H14ClN3OS3/c20-13-7-5-12(6-8-13)9-14-10-21-18(26-14)23-17(24)11-25-19-22-15-3-1-2-4-16(15)27-19/h1-8,10H,9,11H2,(H,21,23,24). The molecular formula is C19H14ClN3OS3. The highest BCUT2D eigenvalue weighted by molar-refractivity contribution is 8.01. The van der Waals surface area contributed by atoms with E-state index in [0.29, 0.717) is 10.9 Å². The number of thiazole rings is 2. The van der Waals surface area contributed by atoms with Crippen molar-refractivity contribution in [3.63, 3.8) is 0 Å². The highest BCUT2D eigenvalue weighted by Crippen LogP contribution is 2.29. The maximum atomic E-state index is 12.2. The molecule has 0 aliphatic heterocycles.